The summed E-state index contributed by atoms with van der Waals surface area (Å²) < 4.78 is 0. The van der Waals surface area contributed by atoms with Crippen molar-refractivity contribution < 1.29 is 0 Å². The summed E-state index contributed by atoms with van der Waals surface area (Å²) in [6.07, 6.45) is 1.75. The van der Waals surface area contributed by atoms with Crippen molar-refractivity contribution in [3.05, 3.63) is 90.6 Å². The molecule has 0 unspecified atom stereocenters. The molecule has 0 aliphatic rings. The van der Waals surface area contributed by atoms with E-state index in [2.05, 4.69) is 57.1 Å². The number of nitrogens with zero attached hydrogens (tertiary/aromatic N) is 3. The third-order valence-electron chi connectivity index (χ3n) is 4.31. The van der Waals surface area contributed by atoms with E-state index in [0.29, 0.717) is 5.82 Å². The van der Waals surface area contributed by atoms with Crippen molar-refractivity contribution in [3.63, 3.8) is 0 Å². The molecule has 0 aliphatic heterocycles. The van der Waals surface area contributed by atoms with Crippen LogP contribution in [0, 0.1) is 0 Å². The molecule has 0 aliphatic carbocycles. The maximum atomic E-state index is 4.48. The first kappa shape index (κ1) is 16.0. The van der Waals surface area contributed by atoms with Crippen molar-refractivity contribution >= 4 is 22.3 Å². The average Bonchev–Trinajstić information content (AvgIpc) is 2.73. The van der Waals surface area contributed by atoms with Gasteiger partial charge in [0, 0.05) is 10.8 Å². The molecule has 0 amide bonds. The molecule has 0 fully saturated rings. The molecule has 0 saturated carbocycles. The second kappa shape index (κ2) is 7.15. The van der Waals surface area contributed by atoms with Crippen LogP contribution in [0.15, 0.2) is 90.2 Å². The fourth-order valence-corrected chi connectivity index (χ4v) is 2.85. The quantitative estimate of drug-likeness (QED) is 0.414. The molecule has 3 aromatic carbocycles. The van der Waals surface area contributed by atoms with Gasteiger partial charge in [-0.3, -0.25) is 5.43 Å². The van der Waals surface area contributed by atoms with Gasteiger partial charge in [-0.15, -0.1) is 5.10 Å². The Morgan fingerprint density at radius 3 is 2.31 bits per heavy atom. The van der Waals surface area contributed by atoms with Crippen molar-refractivity contribution in [2.45, 2.75) is 6.92 Å². The SMILES string of the molecule is CC(=NNc1nncc2ccccc12)c1ccc(-c2ccccc2)cc1. The lowest BCUT2D eigenvalue weighted by molar-refractivity contribution is 1.04. The minimum absolute atomic E-state index is 0.656. The van der Waals surface area contributed by atoms with Crippen LogP contribution in [-0.4, -0.2) is 15.9 Å². The molecule has 26 heavy (non-hydrogen) atoms. The van der Waals surface area contributed by atoms with Crippen LogP contribution in [0.5, 0.6) is 0 Å². The topological polar surface area (TPSA) is 50.2 Å². The second-order valence-corrected chi connectivity index (χ2v) is 6.03. The first-order valence-electron chi connectivity index (χ1n) is 8.48. The maximum Gasteiger partial charge on any atom is 0.176 e. The Hall–Kier alpha value is -3.53. The van der Waals surface area contributed by atoms with Crippen molar-refractivity contribution in [1.29, 1.82) is 0 Å². The molecule has 0 radical (unpaired) electrons. The van der Waals surface area contributed by atoms with E-state index in [1.165, 1.54) is 11.1 Å². The molecule has 126 valence electrons. The minimum Gasteiger partial charge on any atom is -0.259 e. The third-order valence-corrected chi connectivity index (χ3v) is 4.31. The van der Waals surface area contributed by atoms with Crippen molar-refractivity contribution in [1.82, 2.24) is 10.2 Å². The molecule has 0 bridgehead atoms. The van der Waals surface area contributed by atoms with Gasteiger partial charge in [0.2, 0.25) is 0 Å². The second-order valence-electron chi connectivity index (χ2n) is 6.03. The Morgan fingerprint density at radius 1 is 0.808 bits per heavy atom. The largest absolute Gasteiger partial charge is 0.259 e. The molecule has 4 rings (SSSR count). The molecule has 4 nitrogen and oxygen atoms in total. The lowest BCUT2D eigenvalue weighted by Crippen LogP contribution is -2.02. The molecule has 0 saturated heterocycles. The zero-order valence-corrected chi connectivity index (χ0v) is 14.4. The predicted octanol–water partition coefficient (Wildman–Crippen LogP) is 5.13. The summed E-state index contributed by atoms with van der Waals surface area (Å²) in [7, 11) is 0. The Bertz CT molecular complexity index is 1050. The summed E-state index contributed by atoms with van der Waals surface area (Å²) in [6.45, 7) is 1.98. The van der Waals surface area contributed by atoms with E-state index in [1.54, 1.807) is 6.20 Å². The molecule has 0 atom stereocenters. The zero-order valence-electron chi connectivity index (χ0n) is 14.4. The number of hydrogen-bond acceptors (Lipinski definition) is 4. The van der Waals surface area contributed by atoms with E-state index in [9.17, 15) is 0 Å². The van der Waals surface area contributed by atoms with Gasteiger partial charge in [0.05, 0.1) is 11.9 Å². The van der Waals surface area contributed by atoms with Gasteiger partial charge in [0.25, 0.3) is 0 Å². The van der Waals surface area contributed by atoms with E-state index in [4.69, 9.17) is 0 Å². The summed E-state index contributed by atoms with van der Waals surface area (Å²) in [6, 6.07) is 26.7. The number of aromatic nitrogens is 2. The summed E-state index contributed by atoms with van der Waals surface area (Å²) in [5.41, 5.74) is 7.39. The van der Waals surface area contributed by atoms with Crippen LogP contribution in [0.25, 0.3) is 21.9 Å². The van der Waals surface area contributed by atoms with E-state index in [0.717, 1.165) is 22.0 Å². The molecular formula is C22H18N4. The fourth-order valence-electron chi connectivity index (χ4n) is 2.85. The normalized spacial score (nSPS) is 11.5. The first-order chi connectivity index (χ1) is 12.8. The van der Waals surface area contributed by atoms with Gasteiger partial charge in [-0.2, -0.15) is 10.2 Å². The number of hydrogen-bond donors (Lipinski definition) is 1. The minimum atomic E-state index is 0.656. The van der Waals surface area contributed by atoms with Crippen LogP contribution in [-0.2, 0) is 0 Å². The molecular weight excluding hydrogens is 320 g/mol. The van der Waals surface area contributed by atoms with Gasteiger partial charge in [0.15, 0.2) is 5.82 Å². The summed E-state index contributed by atoms with van der Waals surface area (Å²) >= 11 is 0. The number of fused-ring (bicyclic) bond motifs is 1. The monoisotopic (exact) mass is 338 g/mol. The number of rotatable bonds is 4. The highest BCUT2D eigenvalue weighted by molar-refractivity contribution is 6.00. The van der Waals surface area contributed by atoms with Gasteiger partial charge in [-0.05, 0) is 23.6 Å². The highest BCUT2D eigenvalue weighted by atomic mass is 15.3. The van der Waals surface area contributed by atoms with Crippen LogP contribution in [0.2, 0.25) is 0 Å². The maximum absolute atomic E-state index is 4.48. The van der Waals surface area contributed by atoms with Crippen molar-refractivity contribution in [2.75, 3.05) is 5.43 Å². The third kappa shape index (κ3) is 3.30. The predicted molar refractivity (Wildman–Crippen MR) is 107 cm³/mol. The van der Waals surface area contributed by atoms with Gasteiger partial charge >= 0.3 is 0 Å². The Balaban J connectivity index is 1.56. The Kier molecular flexibility index (Phi) is 4.39. The van der Waals surface area contributed by atoms with Crippen LogP contribution in [0.1, 0.15) is 12.5 Å². The summed E-state index contributed by atoms with van der Waals surface area (Å²) in [4.78, 5) is 0. The number of benzene rings is 3. The van der Waals surface area contributed by atoms with E-state index < -0.39 is 0 Å². The molecule has 4 aromatic rings. The van der Waals surface area contributed by atoms with Crippen LogP contribution < -0.4 is 5.43 Å². The van der Waals surface area contributed by atoms with Crippen LogP contribution in [0.4, 0.5) is 5.82 Å². The smallest absolute Gasteiger partial charge is 0.176 e. The molecule has 1 heterocycles. The van der Waals surface area contributed by atoms with Gasteiger partial charge in [-0.1, -0.05) is 78.9 Å². The highest BCUT2D eigenvalue weighted by Crippen LogP contribution is 2.21. The molecule has 4 heteroatoms. The molecule has 1 aromatic heterocycles. The van der Waals surface area contributed by atoms with E-state index >= 15 is 0 Å². The number of hydrazone groups is 1. The standard InChI is InChI=1S/C22H18N4/c1-16(17-11-13-19(14-12-17)18-7-3-2-4-8-18)24-26-22-21-10-6-5-9-20(21)15-23-25-22/h2-15H,1H3,(H,25,26). The molecule has 1 N–H and O–H groups in total. The number of anilines is 1. The Morgan fingerprint density at radius 2 is 1.50 bits per heavy atom. The van der Waals surface area contributed by atoms with Gasteiger partial charge < -0.3 is 0 Å². The van der Waals surface area contributed by atoms with Crippen LogP contribution in [0.3, 0.4) is 0 Å². The molecule has 0 spiro atoms. The first-order valence-corrected chi connectivity index (χ1v) is 8.48. The Labute approximate surface area is 152 Å². The number of nitrogens with one attached hydrogen (secondary N) is 1. The highest BCUT2D eigenvalue weighted by Gasteiger charge is 2.03. The zero-order chi connectivity index (χ0) is 17.8. The lowest BCUT2D eigenvalue weighted by Gasteiger charge is -2.06. The lowest BCUT2D eigenvalue weighted by atomic mass is 10.0. The van der Waals surface area contributed by atoms with Crippen LogP contribution >= 0.6 is 0 Å². The van der Waals surface area contributed by atoms with Gasteiger partial charge in [0.1, 0.15) is 0 Å². The van der Waals surface area contributed by atoms with E-state index in [1.807, 2.05) is 49.4 Å². The van der Waals surface area contributed by atoms with Crippen molar-refractivity contribution in [3.8, 4) is 11.1 Å². The van der Waals surface area contributed by atoms with E-state index in [-0.39, 0.29) is 0 Å². The summed E-state index contributed by atoms with van der Waals surface area (Å²) in [5, 5.41) is 14.7. The summed E-state index contributed by atoms with van der Waals surface area (Å²) in [5.74, 6) is 0.656. The average molecular weight is 338 g/mol. The fraction of sp³-hybridized carbons (Fsp3) is 0.0455. The van der Waals surface area contributed by atoms with Crippen molar-refractivity contribution in [2.24, 2.45) is 5.10 Å². The van der Waals surface area contributed by atoms with Gasteiger partial charge in [-0.25, -0.2) is 0 Å².